The van der Waals surface area contributed by atoms with Gasteiger partial charge in [0.05, 0.1) is 0 Å². The summed E-state index contributed by atoms with van der Waals surface area (Å²) in [6.45, 7) is 8.20. The molecule has 2 heteroatoms. The third-order valence-corrected chi connectivity index (χ3v) is 4.81. The van der Waals surface area contributed by atoms with Crippen LogP contribution in [0.1, 0.15) is 117 Å². The first kappa shape index (κ1) is 23.2. The van der Waals surface area contributed by atoms with Crippen LogP contribution in [0, 0.1) is 5.92 Å². The molecule has 0 aliphatic rings. The summed E-state index contributed by atoms with van der Waals surface area (Å²) in [6, 6.07) is 0. The third-order valence-electron chi connectivity index (χ3n) is 4.81. The summed E-state index contributed by atoms with van der Waals surface area (Å²) in [5, 5.41) is 8.72. The van der Waals surface area contributed by atoms with E-state index in [-0.39, 0.29) is 0 Å². The molecule has 0 aromatic heterocycles. The molecule has 0 atom stereocenters. The van der Waals surface area contributed by atoms with Gasteiger partial charge in [-0.1, -0.05) is 110 Å². The first-order chi connectivity index (χ1) is 11.5. The molecule has 0 heterocycles. The first-order valence-corrected chi connectivity index (χ1v) is 10.4. The number of carbonyl (C=O) groups is 1. The summed E-state index contributed by atoms with van der Waals surface area (Å²) >= 11 is 0. The average Bonchev–Trinajstić information content (AvgIpc) is 2.53. The highest BCUT2D eigenvalue weighted by atomic mass is 16.4. The van der Waals surface area contributed by atoms with Crippen LogP contribution in [0.3, 0.4) is 0 Å². The van der Waals surface area contributed by atoms with Crippen LogP contribution in [-0.4, -0.2) is 11.1 Å². The van der Waals surface area contributed by atoms with Crippen molar-refractivity contribution in [3.8, 4) is 0 Å². The SMILES string of the molecule is C=C(CCCCCCCCCCCCCCCCC(C)C)C(=O)O. The minimum Gasteiger partial charge on any atom is -0.478 e. The molecule has 0 radical (unpaired) electrons. The lowest BCUT2D eigenvalue weighted by Gasteiger charge is -2.05. The quantitative estimate of drug-likeness (QED) is 0.207. The van der Waals surface area contributed by atoms with E-state index in [0.29, 0.717) is 12.0 Å². The molecule has 0 rings (SSSR count). The van der Waals surface area contributed by atoms with Crippen LogP contribution in [-0.2, 0) is 4.79 Å². The summed E-state index contributed by atoms with van der Waals surface area (Å²) in [5.41, 5.74) is 0.356. The second-order valence-electron chi connectivity index (χ2n) is 7.79. The van der Waals surface area contributed by atoms with Gasteiger partial charge >= 0.3 is 5.97 Å². The second kappa shape index (κ2) is 17.0. The Kier molecular flexibility index (Phi) is 16.5. The Balaban J connectivity index is 3.08. The van der Waals surface area contributed by atoms with E-state index in [2.05, 4.69) is 20.4 Å². The van der Waals surface area contributed by atoms with E-state index in [1.807, 2.05) is 0 Å². The normalized spacial score (nSPS) is 11.1. The van der Waals surface area contributed by atoms with Crippen molar-refractivity contribution in [2.24, 2.45) is 5.92 Å². The number of carboxylic acids is 1. The summed E-state index contributed by atoms with van der Waals surface area (Å²) in [6.07, 6.45) is 20.8. The molecule has 0 aromatic rings. The van der Waals surface area contributed by atoms with Crippen LogP contribution >= 0.6 is 0 Å². The van der Waals surface area contributed by atoms with Crippen molar-refractivity contribution in [3.63, 3.8) is 0 Å². The van der Waals surface area contributed by atoms with Crippen molar-refractivity contribution in [3.05, 3.63) is 12.2 Å². The Bertz CT molecular complexity index is 307. The number of hydrogen-bond donors (Lipinski definition) is 1. The lowest BCUT2D eigenvalue weighted by Crippen LogP contribution is -1.98. The van der Waals surface area contributed by atoms with Gasteiger partial charge in [0.1, 0.15) is 0 Å². The lowest BCUT2D eigenvalue weighted by molar-refractivity contribution is -0.132. The van der Waals surface area contributed by atoms with Gasteiger partial charge in [0, 0.05) is 5.57 Å². The van der Waals surface area contributed by atoms with Crippen LogP contribution in [0.4, 0.5) is 0 Å². The largest absolute Gasteiger partial charge is 0.478 e. The van der Waals surface area contributed by atoms with Gasteiger partial charge in [0.2, 0.25) is 0 Å². The van der Waals surface area contributed by atoms with E-state index < -0.39 is 5.97 Å². The van der Waals surface area contributed by atoms with Crippen LogP contribution < -0.4 is 0 Å². The van der Waals surface area contributed by atoms with Crippen LogP contribution in [0.15, 0.2) is 12.2 Å². The second-order valence-corrected chi connectivity index (χ2v) is 7.79. The summed E-state index contributed by atoms with van der Waals surface area (Å²) in [5.74, 6) is 0.0276. The molecule has 142 valence electrons. The molecule has 24 heavy (non-hydrogen) atoms. The van der Waals surface area contributed by atoms with Gasteiger partial charge in [0.25, 0.3) is 0 Å². The zero-order chi connectivity index (χ0) is 18.0. The van der Waals surface area contributed by atoms with Crippen molar-refractivity contribution >= 4 is 5.97 Å². The van der Waals surface area contributed by atoms with Gasteiger partial charge in [-0.2, -0.15) is 0 Å². The average molecular weight is 339 g/mol. The maximum absolute atomic E-state index is 10.6. The highest BCUT2D eigenvalue weighted by molar-refractivity contribution is 5.85. The highest BCUT2D eigenvalue weighted by Gasteiger charge is 2.02. The van der Waals surface area contributed by atoms with E-state index in [0.717, 1.165) is 18.8 Å². The Hall–Kier alpha value is -0.790. The van der Waals surface area contributed by atoms with Crippen molar-refractivity contribution < 1.29 is 9.90 Å². The number of carboxylic acid groups (broad SMARTS) is 1. The molecule has 0 saturated heterocycles. The molecule has 0 aromatic carbocycles. The van der Waals surface area contributed by atoms with Gasteiger partial charge in [-0.05, 0) is 18.8 Å². The van der Waals surface area contributed by atoms with E-state index in [1.54, 1.807) is 0 Å². The smallest absolute Gasteiger partial charge is 0.330 e. The fraction of sp³-hybridized carbons (Fsp3) is 0.864. The van der Waals surface area contributed by atoms with Crippen LogP contribution in [0.25, 0.3) is 0 Å². The van der Waals surface area contributed by atoms with Crippen molar-refractivity contribution in [1.29, 1.82) is 0 Å². The molecule has 0 unspecified atom stereocenters. The minimum atomic E-state index is -0.842. The lowest BCUT2D eigenvalue weighted by atomic mass is 10.0. The monoisotopic (exact) mass is 338 g/mol. The van der Waals surface area contributed by atoms with E-state index >= 15 is 0 Å². The van der Waals surface area contributed by atoms with Crippen molar-refractivity contribution in [2.45, 2.75) is 117 Å². The third kappa shape index (κ3) is 17.6. The zero-order valence-corrected chi connectivity index (χ0v) is 16.5. The molecule has 0 bridgehead atoms. The van der Waals surface area contributed by atoms with Crippen molar-refractivity contribution in [2.75, 3.05) is 0 Å². The molecule has 0 spiro atoms. The van der Waals surface area contributed by atoms with Gasteiger partial charge in [-0.3, -0.25) is 0 Å². The van der Waals surface area contributed by atoms with Crippen LogP contribution in [0.2, 0.25) is 0 Å². The molecule has 1 N–H and O–H groups in total. The number of aliphatic carboxylic acids is 1. The Morgan fingerprint density at radius 1 is 0.708 bits per heavy atom. The number of rotatable bonds is 18. The standard InChI is InChI=1S/C22H42O2/c1-20(2)18-16-14-12-10-8-6-4-5-7-9-11-13-15-17-19-21(3)22(23)24/h20H,3-19H2,1-2H3,(H,23,24). The first-order valence-electron chi connectivity index (χ1n) is 10.4. The molecule has 0 amide bonds. The Morgan fingerprint density at radius 2 is 1.04 bits per heavy atom. The maximum atomic E-state index is 10.6. The Labute approximate surface area is 151 Å². The van der Waals surface area contributed by atoms with Crippen molar-refractivity contribution in [1.82, 2.24) is 0 Å². The zero-order valence-electron chi connectivity index (χ0n) is 16.5. The molecule has 2 nitrogen and oxygen atoms in total. The fourth-order valence-electron chi connectivity index (χ4n) is 3.12. The van der Waals surface area contributed by atoms with E-state index in [4.69, 9.17) is 5.11 Å². The molecular weight excluding hydrogens is 296 g/mol. The van der Waals surface area contributed by atoms with Crippen LogP contribution in [0.5, 0.6) is 0 Å². The molecular formula is C22H42O2. The topological polar surface area (TPSA) is 37.3 Å². The molecule has 0 saturated carbocycles. The predicted molar refractivity (Wildman–Crippen MR) is 105 cm³/mol. The minimum absolute atomic E-state index is 0.356. The predicted octanol–water partition coefficient (Wildman–Crippen LogP) is 7.52. The summed E-state index contributed by atoms with van der Waals surface area (Å²) in [7, 11) is 0. The van der Waals surface area contributed by atoms with E-state index in [9.17, 15) is 4.79 Å². The molecule has 0 aliphatic heterocycles. The molecule has 0 fully saturated rings. The molecule has 0 aliphatic carbocycles. The highest BCUT2D eigenvalue weighted by Crippen LogP contribution is 2.15. The summed E-state index contributed by atoms with van der Waals surface area (Å²) < 4.78 is 0. The fourth-order valence-corrected chi connectivity index (χ4v) is 3.12. The van der Waals surface area contributed by atoms with Gasteiger partial charge in [0.15, 0.2) is 0 Å². The van der Waals surface area contributed by atoms with E-state index in [1.165, 1.54) is 83.5 Å². The summed E-state index contributed by atoms with van der Waals surface area (Å²) in [4.78, 5) is 10.6. The maximum Gasteiger partial charge on any atom is 0.330 e. The van der Waals surface area contributed by atoms with Gasteiger partial charge in [-0.15, -0.1) is 0 Å². The Morgan fingerprint density at radius 3 is 1.38 bits per heavy atom. The van der Waals surface area contributed by atoms with Gasteiger partial charge < -0.3 is 5.11 Å². The number of hydrogen-bond acceptors (Lipinski definition) is 1. The number of unbranched alkanes of at least 4 members (excludes halogenated alkanes) is 13. The van der Waals surface area contributed by atoms with Gasteiger partial charge in [-0.25, -0.2) is 4.79 Å².